The van der Waals surface area contributed by atoms with Crippen LogP contribution in [0.3, 0.4) is 0 Å². The maximum Gasteiger partial charge on any atom is 0.220 e. The normalized spacial score (nSPS) is 24.6. The molecule has 0 unspecified atom stereocenters. The van der Waals surface area contributed by atoms with E-state index in [0.29, 0.717) is 6.04 Å². The number of amides is 1. The number of guanidine groups is 1. The van der Waals surface area contributed by atoms with Crippen molar-refractivity contribution in [3.05, 3.63) is 0 Å². The summed E-state index contributed by atoms with van der Waals surface area (Å²) in [4.78, 5) is 18.1. The van der Waals surface area contributed by atoms with E-state index >= 15 is 0 Å². The molecule has 1 aliphatic heterocycles. The van der Waals surface area contributed by atoms with Crippen molar-refractivity contribution in [2.75, 3.05) is 33.2 Å². The zero-order chi connectivity index (χ0) is 19.6. The molecule has 1 aliphatic carbocycles. The summed E-state index contributed by atoms with van der Waals surface area (Å²) >= 11 is 0. The number of primary amides is 1. The Morgan fingerprint density at radius 3 is 2.29 bits per heavy atom. The Labute approximate surface area is 188 Å². The van der Waals surface area contributed by atoms with Gasteiger partial charge in [0.2, 0.25) is 5.91 Å². The topological polar surface area (TPSA) is 82.8 Å². The van der Waals surface area contributed by atoms with Crippen molar-refractivity contribution in [2.24, 2.45) is 28.5 Å². The molecule has 28 heavy (non-hydrogen) atoms. The number of piperidine rings is 1. The van der Waals surface area contributed by atoms with Gasteiger partial charge in [0.05, 0.1) is 0 Å². The van der Waals surface area contributed by atoms with Crippen molar-refractivity contribution < 1.29 is 4.79 Å². The molecular weight excluding hydrogens is 465 g/mol. The smallest absolute Gasteiger partial charge is 0.220 e. The summed E-state index contributed by atoms with van der Waals surface area (Å²) in [6.45, 7) is 8.77. The molecule has 1 heterocycles. The van der Waals surface area contributed by atoms with E-state index < -0.39 is 0 Å². The maximum absolute atomic E-state index is 11.2. The van der Waals surface area contributed by atoms with E-state index in [1.807, 2.05) is 7.05 Å². The molecule has 0 radical (unpaired) electrons. The Kier molecular flexibility index (Phi) is 12.4. The first-order valence-electron chi connectivity index (χ1n) is 11.0. The molecule has 6 nitrogen and oxygen atoms in total. The average Bonchev–Trinajstić information content (AvgIpc) is 2.67. The van der Waals surface area contributed by atoms with Gasteiger partial charge in [-0.3, -0.25) is 9.79 Å². The number of hydrogen-bond acceptors (Lipinski definition) is 3. The molecule has 1 saturated heterocycles. The van der Waals surface area contributed by atoms with Gasteiger partial charge in [0, 0.05) is 25.6 Å². The van der Waals surface area contributed by atoms with E-state index in [1.54, 1.807) is 0 Å². The maximum atomic E-state index is 11.2. The third kappa shape index (κ3) is 8.84. The SMILES string of the molecule is CN=C(NCCCCN1CCC(C(N)=O)CC1)NC1CCC(C(C)C)CC1.I. The molecule has 0 aromatic rings. The van der Waals surface area contributed by atoms with Crippen LogP contribution < -0.4 is 16.4 Å². The van der Waals surface area contributed by atoms with Gasteiger partial charge in [-0.15, -0.1) is 24.0 Å². The third-order valence-electron chi connectivity index (χ3n) is 6.46. The number of unbranched alkanes of at least 4 members (excludes halogenated alkanes) is 1. The Hall–Kier alpha value is -0.570. The largest absolute Gasteiger partial charge is 0.369 e. The van der Waals surface area contributed by atoms with Gasteiger partial charge in [-0.05, 0) is 82.8 Å². The van der Waals surface area contributed by atoms with Crippen LogP contribution >= 0.6 is 24.0 Å². The molecule has 2 rings (SSSR count). The number of halogens is 1. The Balaban J connectivity index is 0.00000392. The van der Waals surface area contributed by atoms with Crippen LogP contribution in [0.5, 0.6) is 0 Å². The van der Waals surface area contributed by atoms with Crippen LogP contribution in [0.15, 0.2) is 4.99 Å². The zero-order valence-corrected chi connectivity index (χ0v) is 20.4. The molecule has 0 bridgehead atoms. The number of aliphatic imine (C=N–C) groups is 1. The monoisotopic (exact) mass is 507 g/mol. The standard InChI is InChI=1S/C21H41N5O.HI/c1-16(2)17-6-8-19(9-7-17)25-21(23-3)24-12-4-5-13-26-14-10-18(11-15-26)20(22)27;/h16-19H,4-15H2,1-3H3,(H2,22,27)(H2,23,24,25);1H. The molecule has 164 valence electrons. The molecule has 4 N–H and O–H groups in total. The second-order valence-electron chi connectivity index (χ2n) is 8.72. The minimum Gasteiger partial charge on any atom is -0.369 e. The summed E-state index contributed by atoms with van der Waals surface area (Å²) in [5.74, 6) is 2.62. The Morgan fingerprint density at radius 2 is 1.75 bits per heavy atom. The third-order valence-corrected chi connectivity index (χ3v) is 6.46. The predicted octanol–water partition coefficient (Wildman–Crippen LogP) is 2.96. The van der Waals surface area contributed by atoms with Gasteiger partial charge >= 0.3 is 0 Å². The summed E-state index contributed by atoms with van der Waals surface area (Å²) in [5.41, 5.74) is 5.40. The van der Waals surface area contributed by atoms with E-state index in [4.69, 9.17) is 5.73 Å². The van der Waals surface area contributed by atoms with E-state index in [9.17, 15) is 4.79 Å². The first kappa shape index (κ1) is 25.5. The highest BCUT2D eigenvalue weighted by Crippen LogP contribution is 2.29. The number of nitrogens with one attached hydrogen (secondary N) is 2. The minimum absolute atomic E-state index is 0. The summed E-state index contributed by atoms with van der Waals surface area (Å²) in [5, 5.41) is 7.08. The first-order valence-corrected chi connectivity index (χ1v) is 11.0. The van der Waals surface area contributed by atoms with Gasteiger partial charge in [0.25, 0.3) is 0 Å². The minimum atomic E-state index is -0.129. The van der Waals surface area contributed by atoms with E-state index in [-0.39, 0.29) is 35.8 Å². The average molecular weight is 508 g/mol. The number of rotatable bonds is 8. The number of hydrogen-bond donors (Lipinski definition) is 3. The predicted molar refractivity (Wildman–Crippen MR) is 128 cm³/mol. The highest BCUT2D eigenvalue weighted by molar-refractivity contribution is 14.0. The van der Waals surface area contributed by atoms with Gasteiger partial charge in [0.1, 0.15) is 0 Å². The molecular formula is C21H42IN5O. The second-order valence-corrected chi connectivity index (χ2v) is 8.72. The fraction of sp³-hybridized carbons (Fsp3) is 0.905. The van der Waals surface area contributed by atoms with Crippen LogP contribution in [0, 0.1) is 17.8 Å². The fourth-order valence-corrected chi connectivity index (χ4v) is 4.43. The van der Waals surface area contributed by atoms with E-state index in [1.165, 1.54) is 32.1 Å². The number of nitrogens with zero attached hydrogens (tertiary/aromatic N) is 2. The molecule has 0 aromatic heterocycles. The molecule has 2 aliphatic rings. The van der Waals surface area contributed by atoms with Crippen LogP contribution in [-0.4, -0.2) is 56.0 Å². The van der Waals surface area contributed by atoms with Gasteiger partial charge < -0.3 is 21.3 Å². The van der Waals surface area contributed by atoms with Crippen molar-refractivity contribution in [1.29, 1.82) is 0 Å². The summed E-state index contributed by atoms with van der Waals surface area (Å²) in [7, 11) is 1.86. The number of likely N-dealkylation sites (tertiary alicyclic amines) is 1. The van der Waals surface area contributed by atoms with Crippen LogP contribution in [0.2, 0.25) is 0 Å². The summed E-state index contributed by atoms with van der Waals surface area (Å²) in [6, 6.07) is 0.567. The second kappa shape index (κ2) is 13.6. The highest BCUT2D eigenvalue weighted by atomic mass is 127. The Bertz CT molecular complexity index is 469. The van der Waals surface area contributed by atoms with Gasteiger partial charge in [-0.25, -0.2) is 0 Å². The molecule has 0 aromatic carbocycles. The number of carbonyl (C=O) groups is 1. The van der Waals surface area contributed by atoms with Crippen molar-refractivity contribution in [3.8, 4) is 0 Å². The Morgan fingerprint density at radius 1 is 1.11 bits per heavy atom. The summed E-state index contributed by atoms with van der Waals surface area (Å²) in [6.07, 6.45) is 9.32. The molecule has 0 spiro atoms. The molecule has 7 heteroatoms. The summed E-state index contributed by atoms with van der Waals surface area (Å²) < 4.78 is 0. The van der Waals surface area contributed by atoms with E-state index in [0.717, 1.165) is 63.2 Å². The van der Waals surface area contributed by atoms with E-state index in [2.05, 4.69) is 34.4 Å². The lowest BCUT2D eigenvalue weighted by Crippen LogP contribution is -2.45. The van der Waals surface area contributed by atoms with Crippen molar-refractivity contribution in [2.45, 2.75) is 71.3 Å². The number of carbonyl (C=O) groups excluding carboxylic acids is 1. The van der Waals surface area contributed by atoms with Crippen molar-refractivity contribution in [3.63, 3.8) is 0 Å². The molecule has 1 amide bonds. The van der Waals surface area contributed by atoms with Crippen LogP contribution in [0.25, 0.3) is 0 Å². The quantitative estimate of drug-likeness (QED) is 0.204. The molecule has 1 saturated carbocycles. The molecule has 2 fully saturated rings. The van der Waals surface area contributed by atoms with Crippen LogP contribution in [0.4, 0.5) is 0 Å². The highest BCUT2D eigenvalue weighted by Gasteiger charge is 2.24. The lowest BCUT2D eigenvalue weighted by molar-refractivity contribution is -0.123. The zero-order valence-electron chi connectivity index (χ0n) is 18.1. The lowest BCUT2D eigenvalue weighted by atomic mass is 9.80. The lowest BCUT2D eigenvalue weighted by Gasteiger charge is -2.32. The van der Waals surface area contributed by atoms with Crippen LogP contribution in [-0.2, 0) is 4.79 Å². The van der Waals surface area contributed by atoms with Crippen LogP contribution in [0.1, 0.15) is 65.2 Å². The van der Waals surface area contributed by atoms with Gasteiger partial charge in [0.15, 0.2) is 5.96 Å². The molecule has 0 atom stereocenters. The van der Waals surface area contributed by atoms with Gasteiger partial charge in [-0.2, -0.15) is 0 Å². The number of nitrogens with two attached hydrogens (primary N) is 1. The van der Waals surface area contributed by atoms with Crippen molar-refractivity contribution in [1.82, 2.24) is 15.5 Å². The first-order chi connectivity index (χ1) is 13.0. The fourth-order valence-electron chi connectivity index (χ4n) is 4.43. The van der Waals surface area contributed by atoms with Crippen molar-refractivity contribution >= 4 is 35.8 Å². The van der Waals surface area contributed by atoms with Gasteiger partial charge in [-0.1, -0.05) is 13.8 Å².